The Labute approximate surface area is 131 Å². The van der Waals surface area contributed by atoms with Crippen LogP contribution in [0, 0.1) is 0 Å². The third kappa shape index (κ3) is 3.19. The number of amides is 1. The molecule has 0 radical (unpaired) electrons. The van der Waals surface area contributed by atoms with E-state index in [2.05, 4.69) is 10.4 Å². The van der Waals surface area contributed by atoms with Gasteiger partial charge in [-0.25, -0.2) is 4.79 Å². The highest BCUT2D eigenvalue weighted by molar-refractivity contribution is 7.13. The van der Waals surface area contributed by atoms with Crippen molar-refractivity contribution in [2.75, 3.05) is 0 Å². The van der Waals surface area contributed by atoms with Gasteiger partial charge < -0.3 is 10.4 Å². The van der Waals surface area contributed by atoms with Gasteiger partial charge in [-0.2, -0.15) is 5.10 Å². The molecule has 0 saturated heterocycles. The lowest BCUT2D eigenvalue weighted by Crippen LogP contribution is -2.23. The van der Waals surface area contributed by atoms with Gasteiger partial charge in [-0.05, 0) is 31.0 Å². The average Bonchev–Trinajstić information content (AvgIpc) is 3.23. The zero-order chi connectivity index (χ0) is 15.5. The number of hydrogen-bond donors (Lipinski definition) is 2. The SMILES string of the molecule is O=C(NCc1ccc(C(=O)O)s1)c1ccn(C2CCCC2)n1. The Morgan fingerprint density at radius 2 is 2.09 bits per heavy atom. The van der Waals surface area contributed by atoms with Gasteiger partial charge in [0.15, 0.2) is 0 Å². The minimum absolute atomic E-state index is 0.234. The summed E-state index contributed by atoms with van der Waals surface area (Å²) in [6.07, 6.45) is 6.54. The number of carbonyl (C=O) groups is 2. The van der Waals surface area contributed by atoms with Gasteiger partial charge in [0, 0.05) is 11.1 Å². The molecule has 22 heavy (non-hydrogen) atoms. The lowest BCUT2D eigenvalue weighted by atomic mass is 10.3. The topological polar surface area (TPSA) is 84.2 Å². The minimum Gasteiger partial charge on any atom is -0.477 e. The van der Waals surface area contributed by atoms with Gasteiger partial charge in [-0.15, -0.1) is 11.3 Å². The van der Waals surface area contributed by atoms with E-state index in [1.54, 1.807) is 18.2 Å². The molecule has 1 saturated carbocycles. The lowest BCUT2D eigenvalue weighted by molar-refractivity contribution is 0.0702. The maximum Gasteiger partial charge on any atom is 0.345 e. The van der Waals surface area contributed by atoms with Gasteiger partial charge >= 0.3 is 5.97 Å². The van der Waals surface area contributed by atoms with Crippen molar-refractivity contribution < 1.29 is 14.7 Å². The summed E-state index contributed by atoms with van der Waals surface area (Å²) in [5, 5.41) is 16.0. The molecule has 0 spiro atoms. The molecule has 2 heterocycles. The number of aromatic nitrogens is 2. The van der Waals surface area contributed by atoms with Gasteiger partial charge in [0.05, 0.1) is 12.6 Å². The molecule has 0 atom stereocenters. The summed E-state index contributed by atoms with van der Waals surface area (Å²) in [5.74, 6) is -1.18. The van der Waals surface area contributed by atoms with Crippen molar-refractivity contribution >= 4 is 23.2 Å². The minimum atomic E-state index is -0.946. The number of carboxylic acid groups (broad SMARTS) is 1. The summed E-state index contributed by atoms with van der Waals surface area (Å²) >= 11 is 1.16. The molecular formula is C15H17N3O3S. The van der Waals surface area contributed by atoms with Crippen molar-refractivity contribution in [2.45, 2.75) is 38.3 Å². The molecule has 2 aromatic heterocycles. The Balaban J connectivity index is 1.58. The van der Waals surface area contributed by atoms with E-state index in [0.717, 1.165) is 29.1 Å². The Morgan fingerprint density at radius 1 is 1.32 bits per heavy atom. The van der Waals surface area contributed by atoms with E-state index in [1.165, 1.54) is 12.8 Å². The highest BCUT2D eigenvalue weighted by atomic mass is 32.1. The molecular weight excluding hydrogens is 302 g/mol. The van der Waals surface area contributed by atoms with E-state index in [1.807, 2.05) is 10.9 Å². The van der Waals surface area contributed by atoms with E-state index >= 15 is 0 Å². The van der Waals surface area contributed by atoms with Crippen LogP contribution in [0.25, 0.3) is 0 Å². The van der Waals surface area contributed by atoms with Crippen LogP contribution < -0.4 is 5.32 Å². The Kier molecular flexibility index (Phi) is 4.24. The predicted molar refractivity (Wildman–Crippen MR) is 82.2 cm³/mol. The van der Waals surface area contributed by atoms with E-state index in [9.17, 15) is 9.59 Å². The van der Waals surface area contributed by atoms with Crippen LogP contribution in [-0.2, 0) is 6.54 Å². The Bertz CT molecular complexity index is 686. The monoisotopic (exact) mass is 319 g/mol. The molecule has 1 fully saturated rings. The van der Waals surface area contributed by atoms with E-state index in [-0.39, 0.29) is 10.8 Å². The number of thiophene rings is 1. The highest BCUT2D eigenvalue weighted by Gasteiger charge is 2.19. The van der Waals surface area contributed by atoms with Crippen LogP contribution in [0.3, 0.4) is 0 Å². The molecule has 0 unspecified atom stereocenters. The zero-order valence-corrected chi connectivity index (χ0v) is 12.8. The number of carbonyl (C=O) groups excluding carboxylic acids is 1. The second kappa shape index (κ2) is 6.31. The highest BCUT2D eigenvalue weighted by Crippen LogP contribution is 2.28. The van der Waals surface area contributed by atoms with E-state index in [4.69, 9.17) is 5.11 Å². The number of nitrogens with one attached hydrogen (secondary N) is 1. The molecule has 0 aromatic carbocycles. The molecule has 1 aliphatic rings. The quantitative estimate of drug-likeness (QED) is 0.887. The van der Waals surface area contributed by atoms with Crippen LogP contribution in [0.4, 0.5) is 0 Å². The van der Waals surface area contributed by atoms with Gasteiger partial charge in [0.1, 0.15) is 10.6 Å². The molecule has 0 bridgehead atoms. The van der Waals surface area contributed by atoms with Crippen LogP contribution in [0.5, 0.6) is 0 Å². The van der Waals surface area contributed by atoms with Crippen molar-refractivity contribution in [1.29, 1.82) is 0 Å². The van der Waals surface area contributed by atoms with Crippen LogP contribution in [0.1, 0.15) is 56.8 Å². The van der Waals surface area contributed by atoms with Crippen LogP contribution in [-0.4, -0.2) is 26.8 Å². The number of rotatable bonds is 5. The maximum atomic E-state index is 12.1. The summed E-state index contributed by atoms with van der Waals surface area (Å²) in [7, 11) is 0. The van der Waals surface area contributed by atoms with Crippen molar-refractivity contribution in [3.63, 3.8) is 0 Å². The first-order chi connectivity index (χ1) is 10.6. The standard InChI is InChI=1S/C15H17N3O3S/c19-14(16-9-11-5-6-13(22-11)15(20)21)12-7-8-18(17-12)10-3-1-2-4-10/h5-8,10H,1-4,9H2,(H,16,19)(H,20,21). The summed E-state index contributed by atoms with van der Waals surface area (Å²) in [5.41, 5.74) is 0.405. The molecule has 1 amide bonds. The fourth-order valence-corrected chi connectivity index (χ4v) is 3.46. The third-order valence-corrected chi connectivity index (χ3v) is 4.91. The first kappa shape index (κ1) is 14.8. The second-order valence-corrected chi connectivity index (χ2v) is 6.54. The Morgan fingerprint density at radius 3 is 2.77 bits per heavy atom. The number of carboxylic acids is 1. The molecule has 6 nitrogen and oxygen atoms in total. The van der Waals surface area contributed by atoms with Crippen molar-refractivity contribution in [3.8, 4) is 0 Å². The Hall–Kier alpha value is -2.15. The molecule has 0 aliphatic heterocycles. The fraction of sp³-hybridized carbons (Fsp3) is 0.400. The summed E-state index contributed by atoms with van der Waals surface area (Å²) in [6, 6.07) is 5.40. The first-order valence-electron chi connectivity index (χ1n) is 7.29. The van der Waals surface area contributed by atoms with Gasteiger partial charge in [0.2, 0.25) is 0 Å². The second-order valence-electron chi connectivity index (χ2n) is 5.37. The maximum absolute atomic E-state index is 12.1. The van der Waals surface area contributed by atoms with Crippen LogP contribution >= 0.6 is 11.3 Å². The largest absolute Gasteiger partial charge is 0.477 e. The molecule has 2 aromatic rings. The van der Waals surface area contributed by atoms with Crippen LogP contribution in [0.15, 0.2) is 24.4 Å². The van der Waals surface area contributed by atoms with E-state index < -0.39 is 5.97 Å². The van der Waals surface area contributed by atoms with Crippen molar-refractivity contribution in [1.82, 2.24) is 15.1 Å². The average molecular weight is 319 g/mol. The number of hydrogen-bond acceptors (Lipinski definition) is 4. The first-order valence-corrected chi connectivity index (χ1v) is 8.10. The lowest BCUT2D eigenvalue weighted by Gasteiger charge is -2.08. The molecule has 3 rings (SSSR count). The zero-order valence-electron chi connectivity index (χ0n) is 12.0. The molecule has 2 N–H and O–H groups in total. The predicted octanol–water partition coefficient (Wildman–Crippen LogP) is 2.69. The van der Waals surface area contributed by atoms with E-state index in [0.29, 0.717) is 18.3 Å². The van der Waals surface area contributed by atoms with Gasteiger partial charge in [-0.3, -0.25) is 9.48 Å². The summed E-state index contributed by atoms with van der Waals surface area (Å²) in [4.78, 5) is 24.0. The van der Waals surface area contributed by atoms with Gasteiger partial charge in [0.25, 0.3) is 5.91 Å². The van der Waals surface area contributed by atoms with Crippen molar-refractivity contribution in [3.05, 3.63) is 39.8 Å². The molecule has 116 valence electrons. The summed E-state index contributed by atoms with van der Waals surface area (Å²) < 4.78 is 1.88. The smallest absolute Gasteiger partial charge is 0.345 e. The summed E-state index contributed by atoms with van der Waals surface area (Å²) in [6.45, 7) is 0.313. The molecule has 7 heteroatoms. The van der Waals surface area contributed by atoms with Crippen molar-refractivity contribution in [2.24, 2.45) is 0 Å². The number of nitrogens with zero attached hydrogens (tertiary/aromatic N) is 2. The fourth-order valence-electron chi connectivity index (χ4n) is 2.68. The third-order valence-electron chi connectivity index (χ3n) is 3.84. The van der Waals surface area contributed by atoms with Gasteiger partial charge in [-0.1, -0.05) is 12.8 Å². The number of aromatic carboxylic acids is 1. The van der Waals surface area contributed by atoms with Crippen LogP contribution in [0.2, 0.25) is 0 Å². The normalized spacial score (nSPS) is 15.1. The molecule has 1 aliphatic carbocycles.